The molecule has 1 aromatic rings. The van der Waals surface area contributed by atoms with Crippen LogP contribution in [0.4, 0.5) is 0 Å². The van der Waals surface area contributed by atoms with Crippen molar-refractivity contribution in [3.05, 3.63) is 35.4 Å². The highest BCUT2D eigenvalue weighted by molar-refractivity contribution is 5.80. The number of carbonyl (C=O) groups excluding carboxylic acids is 2. The molecule has 1 aromatic carbocycles. The number of fused-ring (bicyclic) bond motifs is 1. The predicted octanol–water partition coefficient (Wildman–Crippen LogP) is 2.06. The number of hydrogen-bond acceptors (Lipinski definition) is 3. The second kappa shape index (κ2) is 6.74. The third kappa shape index (κ3) is 3.63. The Hall–Kier alpha value is -1.84. The van der Waals surface area contributed by atoms with Crippen molar-refractivity contribution in [1.82, 2.24) is 4.90 Å². The average Bonchev–Trinajstić information content (AvgIpc) is 2.52. The highest BCUT2D eigenvalue weighted by Crippen LogP contribution is 2.26. The van der Waals surface area contributed by atoms with Crippen molar-refractivity contribution in [3.63, 3.8) is 0 Å². The first-order valence-corrected chi connectivity index (χ1v) is 7.42. The monoisotopic (exact) mass is 289 g/mol. The van der Waals surface area contributed by atoms with Crippen molar-refractivity contribution in [2.24, 2.45) is 11.8 Å². The summed E-state index contributed by atoms with van der Waals surface area (Å²) >= 11 is 0. The van der Waals surface area contributed by atoms with E-state index in [4.69, 9.17) is 4.74 Å². The molecule has 0 fully saturated rings. The van der Waals surface area contributed by atoms with E-state index in [1.807, 2.05) is 12.1 Å². The van der Waals surface area contributed by atoms with Crippen LogP contribution in [0.15, 0.2) is 24.3 Å². The molecule has 0 N–H and O–H groups in total. The number of methoxy groups -OCH3 is 1. The van der Waals surface area contributed by atoms with E-state index >= 15 is 0 Å². The van der Waals surface area contributed by atoms with Gasteiger partial charge in [0, 0.05) is 19.5 Å². The van der Waals surface area contributed by atoms with Crippen LogP contribution in [0.1, 0.15) is 24.5 Å². The maximum Gasteiger partial charge on any atom is 0.310 e. The zero-order valence-electron chi connectivity index (χ0n) is 13.0. The lowest BCUT2D eigenvalue weighted by molar-refractivity contribution is -0.146. The Morgan fingerprint density at radius 3 is 2.67 bits per heavy atom. The van der Waals surface area contributed by atoms with Gasteiger partial charge in [-0.25, -0.2) is 0 Å². The number of rotatable bonds is 4. The average molecular weight is 289 g/mol. The fraction of sp³-hybridized carbons (Fsp3) is 0.529. The summed E-state index contributed by atoms with van der Waals surface area (Å²) in [6, 6.07) is 8.31. The van der Waals surface area contributed by atoms with Gasteiger partial charge in [-0.1, -0.05) is 31.2 Å². The molecule has 0 bridgehead atoms. The molecule has 2 atom stereocenters. The summed E-state index contributed by atoms with van der Waals surface area (Å²) in [6.07, 6.45) is 2.63. The fourth-order valence-electron chi connectivity index (χ4n) is 3.00. The maximum atomic E-state index is 12.5. The van der Waals surface area contributed by atoms with Crippen LogP contribution in [-0.2, 0) is 27.2 Å². The minimum Gasteiger partial charge on any atom is -0.469 e. The van der Waals surface area contributed by atoms with Gasteiger partial charge in [0.2, 0.25) is 5.91 Å². The number of aryl methyl sites for hydroxylation is 1. The smallest absolute Gasteiger partial charge is 0.310 e. The summed E-state index contributed by atoms with van der Waals surface area (Å²) in [7, 11) is 3.14. The number of amides is 1. The van der Waals surface area contributed by atoms with Crippen LogP contribution >= 0.6 is 0 Å². The summed E-state index contributed by atoms with van der Waals surface area (Å²) < 4.78 is 4.71. The van der Waals surface area contributed by atoms with Gasteiger partial charge in [-0.05, 0) is 30.4 Å². The standard InChI is InChI=1S/C17H23NO3/c1-12(17(20)21-3)11-18(2)16(19)15-9-8-13-6-4-5-7-14(13)10-15/h4-7,12,15H,8-11H2,1-3H3. The second-order valence-corrected chi connectivity index (χ2v) is 5.85. The topological polar surface area (TPSA) is 46.6 Å². The van der Waals surface area contributed by atoms with Crippen LogP contribution in [0.3, 0.4) is 0 Å². The molecule has 114 valence electrons. The molecule has 2 rings (SSSR count). The first kappa shape index (κ1) is 15.5. The van der Waals surface area contributed by atoms with Crippen molar-refractivity contribution in [3.8, 4) is 0 Å². The molecule has 21 heavy (non-hydrogen) atoms. The quantitative estimate of drug-likeness (QED) is 0.797. The lowest BCUT2D eigenvalue weighted by atomic mass is 9.83. The number of esters is 1. The van der Waals surface area contributed by atoms with Crippen molar-refractivity contribution in [1.29, 1.82) is 0 Å². The third-order valence-electron chi connectivity index (χ3n) is 4.22. The van der Waals surface area contributed by atoms with Crippen molar-refractivity contribution in [2.75, 3.05) is 20.7 Å². The molecule has 0 aromatic heterocycles. The zero-order valence-corrected chi connectivity index (χ0v) is 13.0. The molecular weight excluding hydrogens is 266 g/mol. The molecule has 4 nitrogen and oxygen atoms in total. The molecule has 1 aliphatic carbocycles. The van der Waals surface area contributed by atoms with Gasteiger partial charge in [-0.3, -0.25) is 9.59 Å². The number of benzene rings is 1. The van der Waals surface area contributed by atoms with E-state index in [1.54, 1.807) is 18.9 Å². The Kier molecular flexibility index (Phi) is 4.99. The lowest BCUT2D eigenvalue weighted by Crippen LogP contribution is -2.39. The van der Waals surface area contributed by atoms with E-state index in [0.717, 1.165) is 19.3 Å². The van der Waals surface area contributed by atoms with Crippen LogP contribution in [0, 0.1) is 11.8 Å². The summed E-state index contributed by atoms with van der Waals surface area (Å²) in [5.74, 6) is -0.418. The van der Waals surface area contributed by atoms with Crippen LogP contribution in [-0.4, -0.2) is 37.5 Å². The summed E-state index contributed by atoms with van der Waals surface area (Å²) in [6.45, 7) is 2.19. The first-order valence-electron chi connectivity index (χ1n) is 7.42. The minimum absolute atomic E-state index is 0.0229. The highest BCUT2D eigenvalue weighted by atomic mass is 16.5. The second-order valence-electron chi connectivity index (χ2n) is 5.85. The van der Waals surface area contributed by atoms with Crippen LogP contribution in [0.2, 0.25) is 0 Å². The third-order valence-corrected chi connectivity index (χ3v) is 4.22. The number of hydrogen-bond donors (Lipinski definition) is 0. The number of nitrogens with zero attached hydrogens (tertiary/aromatic N) is 1. The van der Waals surface area contributed by atoms with Gasteiger partial charge >= 0.3 is 5.97 Å². The molecule has 1 aliphatic rings. The Labute approximate surface area is 126 Å². The fourth-order valence-corrected chi connectivity index (χ4v) is 3.00. The lowest BCUT2D eigenvalue weighted by Gasteiger charge is -2.29. The Bertz CT molecular complexity index is 527. The predicted molar refractivity (Wildman–Crippen MR) is 80.8 cm³/mol. The molecule has 4 heteroatoms. The highest BCUT2D eigenvalue weighted by Gasteiger charge is 2.28. The van der Waals surface area contributed by atoms with Gasteiger partial charge in [0.15, 0.2) is 0 Å². The van der Waals surface area contributed by atoms with E-state index in [0.29, 0.717) is 6.54 Å². The minimum atomic E-state index is -0.292. The van der Waals surface area contributed by atoms with Gasteiger partial charge in [-0.2, -0.15) is 0 Å². The Morgan fingerprint density at radius 1 is 1.33 bits per heavy atom. The normalized spacial score (nSPS) is 18.5. The summed E-state index contributed by atoms with van der Waals surface area (Å²) in [5.41, 5.74) is 2.63. The largest absolute Gasteiger partial charge is 0.469 e. The maximum absolute atomic E-state index is 12.5. The van der Waals surface area contributed by atoms with Crippen LogP contribution in [0.5, 0.6) is 0 Å². The zero-order chi connectivity index (χ0) is 15.4. The first-order chi connectivity index (χ1) is 10.0. The van der Waals surface area contributed by atoms with Crippen LogP contribution in [0.25, 0.3) is 0 Å². The summed E-state index contributed by atoms with van der Waals surface area (Å²) in [4.78, 5) is 25.6. The van der Waals surface area contributed by atoms with Crippen molar-refractivity contribution < 1.29 is 14.3 Å². The molecule has 0 heterocycles. The molecule has 0 saturated carbocycles. The Morgan fingerprint density at radius 2 is 2.00 bits per heavy atom. The van der Waals surface area contributed by atoms with E-state index in [-0.39, 0.29) is 23.7 Å². The van der Waals surface area contributed by atoms with Gasteiger partial charge in [0.1, 0.15) is 0 Å². The van der Waals surface area contributed by atoms with E-state index in [9.17, 15) is 9.59 Å². The molecule has 0 saturated heterocycles. The number of ether oxygens (including phenoxy) is 1. The molecular formula is C17H23NO3. The molecule has 0 radical (unpaired) electrons. The van der Waals surface area contributed by atoms with Crippen molar-refractivity contribution >= 4 is 11.9 Å². The molecule has 2 unspecified atom stereocenters. The van der Waals surface area contributed by atoms with Crippen LogP contribution < -0.4 is 0 Å². The Balaban J connectivity index is 1.96. The van der Waals surface area contributed by atoms with Gasteiger partial charge in [0.25, 0.3) is 0 Å². The van der Waals surface area contributed by atoms with Gasteiger partial charge < -0.3 is 9.64 Å². The summed E-state index contributed by atoms with van der Waals surface area (Å²) in [5, 5.41) is 0. The van der Waals surface area contributed by atoms with Gasteiger partial charge in [0.05, 0.1) is 13.0 Å². The SMILES string of the molecule is COC(=O)C(C)CN(C)C(=O)C1CCc2ccccc2C1. The number of carbonyl (C=O) groups is 2. The van der Waals surface area contributed by atoms with E-state index in [1.165, 1.54) is 18.2 Å². The molecule has 1 amide bonds. The molecule has 0 spiro atoms. The molecule has 0 aliphatic heterocycles. The van der Waals surface area contributed by atoms with E-state index < -0.39 is 0 Å². The van der Waals surface area contributed by atoms with Gasteiger partial charge in [-0.15, -0.1) is 0 Å². The van der Waals surface area contributed by atoms with E-state index in [2.05, 4.69) is 12.1 Å². The van der Waals surface area contributed by atoms with Crippen molar-refractivity contribution in [2.45, 2.75) is 26.2 Å².